The zero-order valence-corrected chi connectivity index (χ0v) is 17.5. The van der Waals surface area contributed by atoms with Gasteiger partial charge in [-0.15, -0.1) is 0 Å². The van der Waals surface area contributed by atoms with Crippen LogP contribution in [0.5, 0.6) is 0 Å². The number of aryl methyl sites for hydroxylation is 1. The van der Waals surface area contributed by atoms with Gasteiger partial charge in [0.1, 0.15) is 0 Å². The number of anilines is 1. The Morgan fingerprint density at radius 1 is 1.20 bits per heavy atom. The highest BCUT2D eigenvalue weighted by atomic mass is 32.1. The van der Waals surface area contributed by atoms with Gasteiger partial charge in [0.25, 0.3) is 5.91 Å². The minimum Gasteiger partial charge on any atom is -0.349 e. The van der Waals surface area contributed by atoms with Gasteiger partial charge in [0.05, 0.1) is 11.3 Å². The van der Waals surface area contributed by atoms with E-state index in [9.17, 15) is 9.59 Å². The van der Waals surface area contributed by atoms with Gasteiger partial charge in [-0.05, 0) is 50.2 Å². The van der Waals surface area contributed by atoms with Crippen molar-refractivity contribution in [3.05, 3.63) is 64.4 Å². The first-order valence-electron chi connectivity index (χ1n) is 9.93. The standard InChI is InChI=1S/C22H23N5O2S/c1-14-5-4-6-15(13-14)20-25-26-22(30)27(20)12-11-19(28)24-18-8-3-2-7-17(18)21(29)23-16-9-10-16/h2-8,13,16H,9-12H2,1H3,(H,23,29)(H,24,28)(H,26,30). The summed E-state index contributed by atoms with van der Waals surface area (Å²) in [6, 6.07) is 15.3. The van der Waals surface area contributed by atoms with E-state index in [4.69, 9.17) is 12.2 Å². The van der Waals surface area contributed by atoms with Crippen LogP contribution in [0.3, 0.4) is 0 Å². The second kappa shape index (κ2) is 8.62. The molecule has 2 aromatic carbocycles. The van der Waals surface area contributed by atoms with Crippen LogP contribution in [0.25, 0.3) is 11.4 Å². The summed E-state index contributed by atoms with van der Waals surface area (Å²) >= 11 is 5.35. The van der Waals surface area contributed by atoms with Crippen LogP contribution in [0, 0.1) is 11.7 Å². The molecule has 1 aromatic heterocycles. The molecule has 1 aliphatic carbocycles. The van der Waals surface area contributed by atoms with Gasteiger partial charge in [0.2, 0.25) is 5.91 Å². The molecule has 7 nitrogen and oxygen atoms in total. The molecule has 1 fully saturated rings. The first kappa shape index (κ1) is 20.0. The Bertz CT molecular complexity index is 1150. The van der Waals surface area contributed by atoms with Crippen LogP contribution in [0.4, 0.5) is 5.69 Å². The lowest BCUT2D eigenvalue weighted by Gasteiger charge is -2.12. The molecule has 3 N–H and O–H groups in total. The van der Waals surface area contributed by atoms with E-state index in [0.717, 1.165) is 24.0 Å². The number of nitrogens with one attached hydrogen (secondary N) is 3. The molecule has 0 atom stereocenters. The predicted octanol–water partition coefficient (Wildman–Crippen LogP) is 3.84. The summed E-state index contributed by atoms with van der Waals surface area (Å²) in [5.41, 5.74) is 3.03. The maximum Gasteiger partial charge on any atom is 0.253 e. The Morgan fingerprint density at radius 2 is 2.00 bits per heavy atom. The molecule has 1 heterocycles. The van der Waals surface area contributed by atoms with Crippen LogP contribution in [0.15, 0.2) is 48.5 Å². The van der Waals surface area contributed by atoms with Crippen molar-refractivity contribution in [2.45, 2.75) is 38.8 Å². The molecule has 1 saturated carbocycles. The van der Waals surface area contributed by atoms with Gasteiger partial charge in [0, 0.05) is 24.6 Å². The molecule has 3 aromatic rings. The minimum absolute atomic E-state index is 0.160. The molecule has 2 amide bonds. The number of para-hydroxylation sites is 1. The van der Waals surface area contributed by atoms with Crippen molar-refractivity contribution in [3.8, 4) is 11.4 Å². The van der Waals surface area contributed by atoms with Crippen LogP contribution < -0.4 is 10.6 Å². The number of aromatic nitrogens is 3. The monoisotopic (exact) mass is 421 g/mol. The van der Waals surface area contributed by atoms with Crippen molar-refractivity contribution in [1.29, 1.82) is 0 Å². The largest absolute Gasteiger partial charge is 0.349 e. The van der Waals surface area contributed by atoms with Crippen LogP contribution in [-0.2, 0) is 11.3 Å². The number of carbonyl (C=O) groups excluding carboxylic acids is 2. The van der Waals surface area contributed by atoms with Crippen molar-refractivity contribution in [1.82, 2.24) is 20.1 Å². The Hall–Kier alpha value is -3.26. The van der Waals surface area contributed by atoms with Crippen LogP contribution >= 0.6 is 12.2 Å². The lowest BCUT2D eigenvalue weighted by molar-refractivity contribution is -0.116. The maximum absolute atomic E-state index is 12.6. The number of H-pyrrole nitrogens is 1. The van der Waals surface area contributed by atoms with Gasteiger partial charge in [-0.3, -0.25) is 19.3 Å². The van der Waals surface area contributed by atoms with E-state index in [0.29, 0.717) is 28.4 Å². The lowest BCUT2D eigenvalue weighted by atomic mass is 10.1. The zero-order chi connectivity index (χ0) is 21.1. The molecule has 30 heavy (non-hydrogen) atoms. The lowest BCUT2D eigenvalue weighted by Crippen LogP contribution is -2.27. The molecular formula is C22H23N5O2S. The van der Waals surface area contributed by atoms with E-state index in [-0.39, 0.29) is 24.3 Å². The molecule has 1 aliphatic rings. The predicted molar refractivity (Wildman–Crippen MR) is 118 cm³/mol. The fraction of sp³-hybridized carbons (Fsp3) is 0.273. The van der Waals surface area contributed by atoms with Crippen molar-refractivity contribution in [2.75, 3.05) is 5.32 Å². The average molecular weight is 422 g/mol. The Kier molecular flexibility index (Phi) is 5.76. The number of benzene rings is 2. The molecule has 8 heteroatoms. The second-order valence-electron chi connectivity index (χ2n) is 7.46. The number of carbonyl (C=O) groups is 2. The number of hydrogen-bond acceptors (Lipinski definition) is 4. The first-order valence-corrected chi connectivity index (χ1v) is 10.3. The third kappa shape index (κ3) is 4.65. The number of amides is 2. The molecule has 0 unspecified atom stereocenters. The molecule has 0 bridgehead atoms. The summed E-state index contributed by atoms with van der Waals surface area (Å²) in [6.45, 7) is 2.39. The molecule has 0 aliphatic heterocycles. The third-order valence-electron chi connectivity index (χ3n) is 4.96. The topological polar surface area (TPSA) is 91.8 Å². The number of aromatic amines is 1. The van der Waals surface area contributed by atoms with Crippen LogP contribution in [0.1, 0.15) is 35.2 Å². The van der Waals surface area contributed by atoms with Gasteiger partial charge in [0.15, 0.2) is 10.6 Å². The number of rotatable bonds is 7. The van der Waals surface area contributed by atoms with Crippen molar-refractivity contribution in [2.24, 2.45) is 0 Å². The van der Waals surface area contributed by atoms with Gasteiger partial charge in [-0.25, -0.2) is 0 Å². The number of nitrogens with zero attached hydrogens (tertiary/aromatic N) is 2. The molecule has 154 valence electrons. The zero-order valence-electron chi connectivity index (χ0n) is 16.6. The van der Waals surface area contributed by atoms with Gasteiger partial charge in [-0.2, -0.15) is 5.10 Å². The summed E-state index contributed by atoms with van der Waals surface area (Å²) < 4.78 is 2.28. The Balaban J connectivity index is 1.45. The van der Waals surface area contributed by atoms with Gasteiger partial charge in [-0.1, -0.05) is 35.9 Å². The summed E-state index contributed by atoms with van der Waals surface area (Å²) in [7, 11) is 0. The summed E-state index contributed by atoms with van der Waals surface area (Å²) in [4.78, 5) is 25.0. The normalized spacial score (nSPS) is 13.1. The van der Waals surface area contributed by atoms with Crippen LogP contribution in [-0.4, -0.2) is 32.6 Å². The van der Waals surface area contributed by atoms with Crippen molar-refractivity contribution < 1.29 is 9.59 Å². The van der Waals surface area contributed by atoms with Gasteiger partial charge >= 0.3 is 0 Å². The second-order valence-corrected chi connectivity index (χ2v) is 7.85. The van der Waals surface area contributed by atoms with E-state index in [1.807, 2.05) is 35.8 Å². The Labute approximate surface area is 179 Å². The van der Waals surface area contributed by atoms with Crippen LogP contribution in [0.2, 0.25) is 0 Å². The fourth-order valence-corrected chi connectivity index (χ4v) is 3.46. The van der Waals surface area contributed by atoms with E-state index >= 15 is 0 Å². The highest BCUT2D eigenvalue weighted by molar-refractivity contribution is 7.71. The molecular weight excluding hydrogens is 398 g/mol. The highest BCUT2D eigenvalue weighted by Crippen LogP contribution is 2.22. The van der Waals surface area contributed by atoms with E-state index in [2.05, 4.69) is 20.8 Å². The molecule has 0 saturated heterocycles. The van der Waals surface area contributed by atoms with E-state index in [1.54, 1.807) is 24.3 Å². The summed E-state index contributed by atoms with van der Waals surface area (Å²) in [6.07, 6.45) is 2.22. The van der Waals surface area contributed by atoms with Gasteiger partial charge < -0.3 is 10.6 Å². The highest BCUT2D eigenvalue weighted by Gasteiger charge is 2.25. The minimum atomic E-state index is -0.194. The Morgan fingerprint density at radius 3 is 2.77 bits per heavy atom. The third-order valence-corrected chi connectivity index (χ3v) is 5.27. The van der Waals surface area contributed by atoms with Crippen molar-refractivity contribution in [3.63, 3.8) is 0 Å². The molecule has 0 spiro atoms. The van der Waals surface area contributed by atoms with E-state index < -0.39 is 0 Å². The number of hydrogen-bond donors (Lipinski definition) is 3. The molecule has 0 radical (unpaired) electrons. The first-order chi connectivity index (χ1) is 14.5. The quantitative estimate of drug-likeness (QED) is 0.506. The van der Waals surface area contributed by atoms with Crippen molar-refractivity contribution >= 4 is 29.7 Å². The average Bonchev–Trinajstić information content (AvgIpc) is 3.46. The SMILES string of the molecule is Cc1cccc(-c2n[nH]c(=S)n2CCC(=O)Nc2ccccc2C(=O)NC2CC2)c1. The van der Waals surface area contributed by atoms with E-state index in [1.165, 1.54) is 0 Å². The molecule has 4 rings (SSSR count). The smallest absolute Gasteiger partial charge is 0.253 e. The summed E-state index contributed by atoms with van der Waals surface area (Å²) in [5.74, 6) is 0.341. The summed E-state index contributed by atoms with van der Waals surface area (Å²) in [5, 5.41) is 12.9. The maximum atomic E-state index is 12.6. The fourth-order valence-electron chi connectivity index (χ4n) is 3.24.